The molecule has 3 atom stereocenters. The fourth-order valence-corrected chi connectivity index (χ4v) is 5.35. The first-order valence-corrected chi connectivity index (χ1v) is 13.0. The molecule has 2 bridgehead atoms. The third-order valence-electron chi connectivity index (χ3n) is 6.92. The number of amides is 2. The van der Waals surface area contributed by atoms with Crippen molar-refractivity contribution in [3.8, 4) is 5.75 Å². The average Bonchev–Trinajstić information content (AvgIpc) is 3.09. The second-order valence-corrected chi connectivity index (χ2v) is 11.2. The lowest BCUT2D eigenvalue weighted by Gasteiger charge is -2.41. The number of nitrogens with one attached hydrogen (secondary N) is 2. The molecule has 2 aromatic rings. The number of carbonyl (C=O) groups is 2. The summed E-state index contributed by atoms with van der Waals surface area (Å²) < 4.78 is 46.1. The number of nitrogens with zero attached hydrogens (tertiary/aromatic N) is 2. The molecule has 4 rings (SSSR count). The molecule has 2 aliphatic rings. The van der Waals surface area contributed by atoms with Crippen molar-refractivity contribution in [3.63, 3.8) is 0 Å². The van der Waals surface area contributed by atoms with Crippen LogP contribution in [0.3, 0.4) is 0 Å². The van der Waals surface area contributed by atoms with Gasteiger partial charge >= 0.3 is 6.18 Å². The van der Waals surface area contributed by atoms with E-state index < -0.39 is 29.0 Å². The first kappa shape index (κ1) is 28.0. The molecule has 206 valence electrons. The van der Waals surface area contributed by atoms with Crippen LogP contribution in [0.4, 0.5) is 19.0 Å². The Morgan fingerprint density at radius 3 is 2.32 bits per heavy atom. The number of benzene rings is 1. The Morgan fingerprint density at radius 1 is 1.11 bits per heavy atom. The van der Waals surface area contributed by atoms with Crippen molar-refractivity contribution in [2.24, 2.45) is 0 Å². The summed E-state index contributed by atoms with van der Waals surface area (Å²) in [4.78, 5) is 32.1. The van der Waals surface area contributed by atoms with Crippen LogP contribution in [0.2, 0.25) is 5.02 Å². The van der Waals surface area contributed by atoms with Crippen LogP contribution >= 0.6 is 11.6 Å². The number of hydrogen-bond acceptors (Lipinski definition) is 5. The normalized spacial score (nSPS) is 21.4. The lowest BCUT2D eigenvalue weighted by atomic mass is 9.96. The zero-order valence-corrected chi connectivity index (χ0v) is 22.5. The Hall–Kier alpha value is -3.01. The van der Waals surface area contributed by atoms with Gasteiger partial charge in [0.15, 0.2) is 5.60 Å². The summed E-state index contributed by atoms with van der Waals surface area (Å²) in [5, 5.41) is 5.77. The summed E-state index contributed by atoms with van der Waals surface area (Å²) in [5.41, 5.74) is -2.08. The van der Waals surface area contributed by atoms with Crippen molar-refractivity contribution in [1.29, 1.82) is 0 Å². The lowest BCUT2D eigenvalue weighted by Crippen LogP contribution is -2.55. The first-order chi connectivity index (χ1) is 17.7. The fraction of sp³-hybridized carbons (Fsp3) is 0.519. The molecule has 2 amide bonds. The zero-order chi connectivity index (χ0) is 27.8. The number of pyridine rings is 1. The van der Waals surface area contributed by atoms with Crippen LogP contribution in [0.25, 0.3) is 0 Å². The topological polar surface area (TPSA) is 83.6 Å². The third kappa shape index (κ3) is 6.17. The SMILES string of the molecule is CC(C)NC(=O)c1ccc(N2[C@@H]3CC[C@H]2CC(NC(=O)C(C)(C)Oc2ccc(Cl)cc2C(F)(F)F)C3)nc1. The molecule has 2 saturated heterocycles. The second-order valence-electron chi connectivity index (χ2n) is 10.7. The van der Waals surface area contributed by atoms with E-state index in [9.17, 15) is 22.8 Å². The number of hydrogen-bond donors (Lipinski definition) is 2. The number of piperidine rings is 1. The Morgan fingerprint density at radius 2 is 1.76 bits per heavy atom. The van der Waals surface area contributed by atoms with Gasteiger partial charge in [-0.15, -0.1) is 0 Å². The largest absolute Gasteiger partial charge is 0.477 e. The monoisotopic (exact) mass is 552 g/mol. The second kappa shape index (κ2) is 10.6. The molecule has 2 fully saturated rings. The predicted octanol–water partition coefficient (Wildman–Crippen LogP) is 5.37. The summed E-state index contributed by atoms with van der Waals surface area (Å²) in [6.07, 6.45) is 0.117. The smallest absolute Gasteiger partial charge is 0.420 e. The average molecular weight is 553 g/mol. The zero-order valence-electron chi connectivity index (χ0n) is 21.7. The van der Waals surface area contributed by atoms with E-state index >= 15 is 0 Å². The molecular weight excluding hydrogens is 521 g/mol. The van der Waals surface area contributed by atoms with E-state index in [-0.39, 0.29) is 35.1 Å². The van der Waals surface area contributed by atoms with Crippen molar-refractivity contribution >= 4 is 29.2 Å². The van der Waals surface area contributed by atoms with Crippen LogP contribution < -0.4 is 20.3 Å². The number of aromatic nitrogens is 1. The Balaban J connectivity index is 1.40. The summed E-state index contributed by atoms with van der Waals surface area (Å²) in [7, 11) is 0. The van der Waals surface area contributed by atoms with Crippen LogP contribution in [-0.4, -0.2) is 46.6 Å². The van der Waals surface area contributed by atoms with Crippen LogP contribution in [0.15, 0.2) is 36.5 Å². The molecule has 3 heterocycles. The lowest BCUT2D eigenvalue weighted by molar-refractivity contribution is -0.143. The van der Waals surface area contributed by atoms with E-state index in [4.69, 9.17) is 16.3 Å². The number of halogens is 4. The first-order valence-electron chi connectivity index (χ1n) is 12.7. The van der Waals surface area contributed by atoms with E-state index in [0.717, 1.165) is 30.8 Å². The summed E-state index contributed by atoms with van der Waals surface area (Å²) in [6.45, 7) is 6.68. The van der Waals surface area contributed by atoms with E-state index in [0.29, 0.717) is 18.4 Å². The Bertz CT molecular complexity index is 1170. The number of ether oxygens (including phenoxy) is 1. The third-order valence-corrected chi connectivity index (χ3v) is 7.16. The minimum Gasteiger partial charge on any atom is -0.477 e. The molecule has 38 heavy (non-hydrogen) atoms. The van der Waals surface area contributed by atoms with Crippen LogP contribution in [-0.2, 0) is 11.0 Å². The van der Waals surface area contributed by atoms with Crippen LogP contribution in [0, 0.1) is 0 Å². The van der Waals surface area contributed by atoms with Gasteiger partial charge in [-0.1, -0.05) is 11.6 Å². The summed E-state index contributed by atoms with van der Waals surface area (Å²) >= 11 is 5.75. The van der Waals surface area contributed by atoms with Crippen molar-refractivity contribution < 1.29 is 27.5 Å². The van der Waals surface area contributed by atoms with Crippen LogP contribution in [0.5, 0.6) is 5.75 Å². The minimum absolute atomic E-state index is 0.0283. The summed E-state index contributed by atoms with van der Waals surface area (Å²) in [5.74, 6) is -0.325. The Kier molecular flexibility index (Phi) is 7.84. The predicted molar refractivity (Wildman–Crippen MR) is 138 cm³/mol. The fourth-order valence-electron chi connectivity index (χ4n) is 5.18. The molecule has 1 aromatic heterocycles. The number of rotatable bonds is 7. The van der Waals surface area contributed by atoms with Gasteiger partial charge in [0.1, 0.15) is 11.6 Å². The van der Waals surface area contributed by atoms with Gasteiger partial charge < -0.3 is 20.3 Å². The van der Waals surface area contributed by atoms with Gasteiger partial charge in [0.05, 0.1) is 11.1 Å². The highest BCUT2D eigenvalue weighted by Crippen LogP contribution is 2.40. The molecule has 11 heteroatoms. The molecule has 1 unspecified atom stereocenters. The van der Waals surface area contributed by atoms with Crippen molar-refractivity contribution in [3.05, 3.63) is 52.7 Å². The molecule has 0 aliphatic carbocycles. The highest BCUT2D eigenvalue weighted by molar-refractivity contribution is 6.30. The molecule has 2 aliphatic heterocycles. The highest BCUT2D eigenvalue weighted by atomic mass is 35.5. The molecular formula is C27H32ClF3N4O3. The number of fused-ring (bicyclic) bond motifs is 2. The van der Waals surface area contributed by atoms with E-state index in [2.05, 4.69) is 20.5 Å². The van der Waals surface area contributed by atoms with Gasteiger partial charge in [-0.3, -0.25) is 9.59 Å². The standard InChI is InChI=1S/C27H32ClF3N4O3/c1-15(2)33-24(36)16-5-10-23(32-14-16)35-19-7-8-20(35)13-18(12-19)34-25(37)26(3,4)38-22-9-6-17(28)11-21(22)27(29,30)31/h5-6,9-11,14-15,18-20H,7-8,12-13H2,1-4H3,(H,33,36)(H,34,37)/t18?,19-,20+. The minimum atomic E-state index is -4.68. The Labute approximate surface area is 225 Å². The maximum atomic E-state index is 13.5. The molecule has 1 aromatic carbocycles. The quantitative estimate of drug-likeness (QED) is 0.483. The molecule has 2 N–H and O–H groups in total. The van der Waals surface area contributed by atoms with Crippen molar-refractivity contribution in [1.82, 2.24) is 15.6 Å². The van der Waals surface area contributed by atoms with Gasteiger partial charge in [0.25, 0.3) is 11.8 Å². The maximum Gasteiger partial charge on any atom is 0.420 e. The molecule has 0 saturated carbocycles. The van der Waals surface area contributed by atoms with Crippen molar-refractivity contribution in [2.45, 2.75) is 89.3 Å². The van der Waals surface area contributed by atoms with E-state index in [1.807, 2.05) is 19.9 Å². The van der Waals surface area contributed by atoms with E-state index in [1.165, 1.54) is 19.9 Å². The number of carbonyl (C=O) groups excluding carboxylic acids is 2. The summed E-state index contributed by atoms with van der Waals surface area (Å²) in [6, 6.07) is 7.00. The molecule has 7 nitrogen and oxygen atoms in total. The molecule has 0 radical (unpaired) electrons. The van der Waals surface area contributed by atoms with Crippen LogP contribution in [0.1, 0.15) is 69.3 Å². The number of alkyl halides is 3. The molecule has 0 spiro atoms. The van der Waals surface area contributed by atoms with E-state index in [1.54, 1.807) is 12.3 Å². The van der Waals surface area contributed by atoms with Gasteiger partial charge in [-0.25, -0.2) is 4.98 Å². The van der Waals surface area contributed by atoms with Gasteiger partial charge in [-0.05, 0) is 83.7 Å². The maximum absolute atomic E-state index is 13.5. The highest BCUT2D eigenvalue weighted by Gasteiger charge is 2.44. The van der Waals surface area contributed by atoms with Gasteiger partial charge in [0.2, 0.25) is 0 Å². The van der Waals surface area contributed by atoms with Gasteiger partial charge in [-0.2, -0.15) is 13.2 Å². The van der Waals surface area contributed by atoms with Gasteiger partial charge in [0, 0.05) is 35.4 Å². The number of anilines is 1. The van der Waals surface area contributed by atoms with Crippen molar-refractivity contribution in [2.75, 3.05) is 4.90 Å².